The highest BCUT2D eigenvalue weighted by atomic mass is 32.1. The number of thiocarbonyl (C=S) groups is 2. The molecule has 10 heteroatoms. The Hall–Kier alpha value is -3.16. The van der Waals surface area contributed by atoms with E-state index >= 15 is 0 Å². The zero-order chi connectivity index (χ0) is 43.2. The first-order valence-electron chi connectivity index (χ1n) is 23.5. The van der Waals surface area contributed by atoms with Gasteiger partial charge in [-0.15, -0.1) is 0 Å². The Labute approximate surface area is 371 Å². The summed E-state index contributed by atoms with van der Waals surface area (Å²) in [6, 6.07) is 8.33. The molecule has 0 saturated heterocycles. The van der Waals surface area contributed by atoms with Crippen LogP contribution >= 0.6 is 24.4 Å². The third kappa shape index (κ3) is 21.1. The number of carbonyl (C=O) groups excluding carboxylic acids is 2. The number of carbonyl (C=O) groups is 2. The second-order valence-corrected chi connectivity index (χ2v) is 17.5. The monoisotopic (exact) mass is 866 g/mol. The Kier molecular flexibility index (Phi) is 27.0. The smallest absolute Gasteiger partial charge is 0.314 e. The van der Waals surface area contributed by atoms with Crippen molar-refractivity contribution in [3.05, 3.63) is 48.0 Å². The molecule has 0 unspecified atom stereocenters. The van der Waals surface area contributed by atoms with Crippen molar-refractivity contribution in [2.45, 2.75) is 194 Å². The molecule has 0 atom stereocenters. The van der Waals surface area contributed by atoms with Gasteiger partial charge < -0.3 is 9.47 Å². The number of benzene rings is 2. The van der Waals surface area contributed by atoms with Crippen LogP contribution < -0.4 is 9.47 Å². The largest absolute Gasteiger partial charge is 0.426 e. The van der Waals surface area contributed by atoms with Crippen LogP contribution in [-0.2, 0) is 9.59 Å². The Bertz CT molecular complexity index is 1630. The third-order valence-electron chi connectivity index (χ3n) is 12.4. The molecule has 4 rings (SSSR count). The van der Waals surface area contributed by atoms with E-state index in [1.807, 2.05) is 0 Å². The first kappa shape index (κ1) is 51.2. The highest BCUT2D eigenvalue weighted by Gasteiger charge is 2.29. The van der Waals surface area contributed by atoms with E-state index in [0.29, 0.717) is 0 Å². The number of esters is 2. The van der Waals surface area contributed by atoms with Crippen LogP contribution in [0.5, 0.6) is 11.5 Å². The van der Waals surface area contributed by atoms with Gasteiger partial charge in [0.15, 0.2) is 11.6 Å². The Morgan fingerprint density at radius 3 is 1.15 bits per heavy atom. The lowest BCUT2D eigenvalue weighted by molar-refractivity contribution is -0.141. The van der Waals surface area contributed by atoms with Crippen LogP contribution in [0.2, 0.25) is 0 Å². The number of unbranched alkanes of at least 4 members (excludes halogenated alkanes) is 16. The summed E-state index contributed by atoms with van der Waals surface area (Å²) in [5.41, 5.74) is 0.198. The summed E-state index contributed by atoms with van der Waals surface area (Å²) in [6.07, 6.45) is 34.9. The zero-order valence-electron chi connectivity index (χ0n) is 36.7. The highest BCUT2D eigenvalue weighted by Crippen LogP contribution is 2.35. The van der Waals surface area contributed by atoms with Crippen LogP contribution in [0.1, 0.15) is 194 Å². The molecule has 0 heterocycles. The maximum Gasteiger partial charge on any atom is 0.314 e. The zero-order valence-corrected chi connectivity index (χ0v) is 38.3. The third-order valence-corrected chi connectivity index (χ3v) is 12.6. The van der Waals surface area contributed by atoms with Crippen LogP contribution in [0.4, 0.5) is 20.2 Å². The molecule has 0 aromatic heterocycles. The van der Waals surface area contributed by atoms with Crippen molar-refractivity contribution in [3.63, 3.8) is 0 Å². The molecule has 0 amide bonds. The van der Waals surface area contributed by atoms with E-state index in [4.69, 9.17) is 9.47 Å². The van der Waals surface area contributed by atoms with Crippen LogP contribution in [0, 0.1) is 35.3 Å². The first-order valence-corrected chi connectivity index (χ1v) is 24.3. The number of isothiocyanates is 2. The number of halogens is 2. The van der Waals surface area contributed by atoms with E-state index in [9.17, 15) is 18.4 Å². The Morgan fingerprint density at radius 1 is 0.533 bits per heavy atom. The minimum atomic E-state index is -0.568. The molecule has 2 saturated carbocycles. The molecule has 2 aromatic carbocycles. The quantitative estimate of drug-likeness (QED) is 0.0308. The van der Waals surface area contributed by atoms with Gasteiger partial charge >= 0.3 is 11.9 Å². The second-order valence-electron chi connectivity index (χ2n) is 17.1. The van der Waals surface area contributed by atoms with Crippen molar-refractivity contribution in [3.8, 4) is 11.5 Å². The average Bonchev–Trinajstić information content (AvgIpc) is 3.25. The predicted octanol–water partition coefficient (Wildman–Crippen LogP) is 16.4. The molecule has 0 aliphatic heterocycles. The van der Waals surface area contributed by atoms with Crippen LogP contribution in [-0.4, -0.2) is 22.3 Å². The number of rotatable bonds is 26. The van der Waals surface area contributed by atoms with Gasteiger partial charge in [0.2, 0.25) is 0 Å². The van der Waals surface area contributed by atoms with Gasteiger partial charge in [-0.1, -0.05) is 142 Å². The SMILES string of the molecule is CCCCCCCCCCC1CCC(C(=O)Oc2ccc(N=C=S)c(F)c2)CC1.CCCCCCCCCCCCC1CCC(C(=O)Oc2ccc(N=C=S)c(F)c2)CC1. The molecule has 2 aliphatic rings. The van der Waals surface area contributed by atoms with Gasteiger partial charge in [-0.25, -0.2) is 8.78 Å². The standard InChI is InChI=1S/C26H38FNO2S.C24H34FNO2S/c1-2-3-4-5-6-7-8-9-10-11-12-21-13-15-22(16-14-21)26(29)30-23-17-18-25(28-20-31)24(27)19-23;1-2-3-4-5-6-7-8-9-10-19-11-13-20(14-12-19)24(27)28-21-15-16-23(26-18-29)22(25)17-21/h17-19,21-22H,2-16H2,1H3;15-17,19-20H,2-14H2,1H3. The lowest BCUT2D eigenvalue weighted by Crippen LogP contribution is -2.25. The van der Waals surface area contributed by atoms with Gasteiger partial charge in [0.05, 0.1) is 22.2 Å². The van der Waals surface area contributed by atoms with E-state index in [1.165, 1.54) is 153 Å². The van der Waals surface area contributed by atoms with Crippen molar-refractivity contribution < 1.29 is 27.8 Å². The molecule has 332 valence electrons. The Balaban J connectivity index is 0.000000321. The second kappa shape index (κ2) is 31.7. The summed E-state index contributed by atoms with van der Waals surface area (Å²) in [5.74, 6) is 0.131. The van der Waals surface area contributed by atoms with Gasteiger partial charge in [-0.05, 0) is 112 Å². The van der Waals surface area contributed by atoms with E-state index in [0.717, 1.165) is 63.2 Å². The van der Waals surface area contributed by atoms with Crippen molar-refractivity contribution in [1.82, 2.24) is 0 Å². The molecule has 0 N–H and O–H groups in total. The number of aliphatic imine (C=N–C) groups is 2. The lowest BCUT2D eigenvalue weighted by Gasteiger charge is -2.27. The van der Waals surface area contributed by atoms with Crippen LogP contribution in [0.15, 0.2) is 46.4 Å². The van der Waals surface area contributed by atoms with Crippen LogP contribution in [0.25, 0.3) is 0 Å². The first-order chi connectivity index (χ1) is 29.3. The lowest BCUT2D eigenvalue weighted by atomic mass is 9.80. The van der Waals surface area contributed by atoms with Crippen LogP contribution in [0.3, 0.4) is 0 Å². The van der Waals surface area contributed by atoms with Crippen molar-refractivity contribution in [2.24, 2.45) is 33.7 Å². The fourth-order valence-electron chi connectivity index (χ4n) is 8.64. The van der Waals surface area contributed by atoms with Gasteiger partial charge in [0, 0.05) is 12.1 Å². The molecular formula is C50H72F2N2O4S2. The summed E-state index contributed by atoms with van der Waals surface area (Å²) < 4.78 is 38.5. The van der Waals surface area contributed by atoms with E-state index < -0.39 is 11.6 Å². The number of hydrogen-bond acceptors (Lipinski definition) is 8. The van der Waals surface area contributed by atoms with Gasteiger partial charge in [0.1, 0.15) is 22.9 Å². The van der Waals surface area contributed by atoms with Gasteiger partial charge in [-0.2, -0.15) is 9.98 Å². The molecule has 2 aliphatic carbocycles. The highest BCUT2D eigenvalue weighted by molar-refractivity contribution is 7.78. The predicted molar refractivity (Wildman–Crippen MR) is 248 cm³/mol. The summed E-state index contributed by atoms with van der Waals surface area (Å²) in [7, 11) is 0. The molecule has 6 nitrogen and oxygen atoms in total. The molecule has 60 heavy (non-hydrogen) atoms. The van der Waals surface area contributed by atoms with Crippen molar-refractivity contribution in [1.29, 1.82) is 0 Å². The van der Waals surface area contributed by atoms with Gasteiger partial charge in [0.25, 0.3) is 0 Å². The van der Waals surface area contributed by atoms with E-state index in [2.05, 4.69) is 58.6 Å². The maximum absolute atomic E-state index is 13.9. The number of nitrogens with zero attached hydrogens (tertiary/aromatic N) is 2. The fourth-order valence-corrected chi connectivity index (χ4v) is 8.84. The molecular weight excluding hydrogens is 795 g/mol. The van der Waals surface area contributed by atoms with E-state index in [1.54, 1.807) is 12.1 Å². The summed E-state index contributed by atoms with van der Waals surface area (Å²) >= 11 is 8.97. The maximum atomic E-state index is 13.9. The normalized spacial score (nSPS) is 18.6. The molecule has 0 radical (unpaired) electrons. The minimum absolute atomic E-state index is 0.0773. The van der Waals surface area contributed by atoms with Crippen molar-refractivity contribution in [2.75, 3.05) is 0 Å². The van der Waals surface area contributed by atoms with Gasteiger partial charge in [-0.3, -0.25) is 9.59 Å². The average molecular weight is 867 g/mol. The fraction of sp³-hybridized carbons (Fsp3) is 0.680. The number of hydrogen-bond donors (Lipinski definition) is 0. The molecule has 2 aromatic rings. The minimum Gasteiger partial charge on any atom is -0.426 e. The summed E-state index contributed by atoms with van der Waals surface area (Å²) in [4.78, 5) is 32.1. The summed E-state index contributed by atoms with van der Waals surface area (Å²) in [6.45, 7) is 4.52. The summed E-state index contributed by atoms with van der Waals surface area (Å²) in [5, 5.41) is 4.27. The molecule has 0 spiro atoms. The molecule has 0 bridgehead atoms. The van der Waals surface area contributed by atoms with Crippen molar-refractivity contribution >= 4 is 58.1 Å². The van der Waals surface area contributed by atoms with E-state index in [-0.39, 0.29) is 46.6 Å². The Morgan fingerprint density at radius 2 is 0.850 bits per heavy atom. The molecule has 2 fully saturated rings. The topological polar surface area (TPSA) is 77.3 Å². The number of ether oxygens (including phenoxy) is 2.